The maximum absolute atomic E-state index is 9.64. The summed E-state index contributed by atoms with van der Waals surface area (Å²) in [6.45, 7) is 0. The van der Waals surface area contributed by atoms with Crippen molar-refractivity contribution in [2.24, 2.45) is 0 Å². The van der Waals surface area contributed by atoms with Crippen LogP contribution >= 0.6 is 0 Å². The Morgan fingerprint density at radius 1 is 1.05 bits per heavy atom. The summed E-state index contributed by atoms with van der Waals surface area (Å²) in [4.78, 5) is 0. The smallest absolute Gasteiger partial charge is 0.138 e. The van der Waals surface area contributed by atoms with Crippen molar-refractivity contribution in [3.05, 3.63) is 66.2 Å². The van der Waals surface area contributed by atoms with E-state index in [-0.39, 0.29) is 5.75 Å². The molecule has 0 fully saturated rings. The van der Waals surface area contributed by atoms with Gasteiger partial charge in [0.2, 0.25) is 0 Å². The Morgan fingerprint density at radius 3 is 2.42 bits per heavy atom. The van der Waals surface area contributed by atoms with Crippen molar-refractivity contribution in [1.82, 2.24) is 0 Å². The molecule has 0 spiro atoms. The van der Waals surface area contributed by atoms with Crippen molar-refractivity contribution < 1.29 is 5.11 Å². The SMILES string of the molecule is N#CC(C=Cc1ccccc1)Nc1ccccc1O. The minimum atomic E-state index is -0.492. The van der Waals surface area contributed by atoms with Gasteiger partial charge < -0.3 is 10.4 Å². The molecule has 3 heteroatoms. The molecule has 2 aromatic rings. The van der Waals surface area contributed by atoms with Crippen LogP contribution in [0.2, 0.25) is 0 Å². The number of phenolic OH excluding ortho intramolecular Hbond substituents is 1. The number of hydrogen-bond donors (Lipinski definition) is 2. The molecule has 0 aliphatic rings. The minimum absolute atomic E-state index is 0.135. The lowest BCUT2D eigenvalue weighted by Crippen LogP contribution is -2.13. The first kappa shape index (κ1) is 12.7. The average Bonchev–Trinajstić information content (AvgIpc) is 2.46. The highest BCUT2D eigenvalue weighted by Gasteiger charge is 2.05. The molecule has 1 unspecified atom stereocenters. The number of nitriles is 1. The van der Waals surface area contributed by atoms with Crippen LogP contribution in [-0.4, -0.2) is 11.1 Å². The predicted molar refractivity (Wildman–Crippen MR) is 76.6 cm³/mol. The second-order valence-corrected chi connectivity index (χ2v) is 4.04. The van der Waals surface area contributed by atoms with E-state index >= 15 is 0 Å². The monoisotopic (exact) mass is 250 g/mol. The van der Waals surface area contributed by atoms with Crippen LogP contribution in [0.4, 0.5) is 5.69 Å². The van der Waals surface area contributed by atoms with Gasteiger partial charge in [-0.2, -0.15) is 5.26 Å². The normalized spacial score (nSPS) is 11.9. The molecule has 94 valence electrons. The van der Waals surface area contributed by atoms with E-state index in [1.54, 1.807) is 30.3 Å². The number of benzene rings is 2. The lowest BCUT2D eigenvalue weighted by atomic mass is 10.1. The first-order valence-corrected chi connectivity index (χ1v) is 5.97. The Balaban J connectivity index is 2.08. The topological polar surface area (TPSA) is 56.0 Å². The van der Waals surface area contributed by atoms with Gasteiger partial charge in [0, 0.05) is 0 Å². The Kier molecular flexibility index (Phi) is 4.20. The van der Waals surface area contributed by atoms with Gasteiger partial charge in [-0.05, 0) is 23.8 Å². The van der Waals surface area contributed by atoms with Crippen molar-refractivity contribution in [2.45, 2.75) is 6.04 Å². The first-order valence-electron chi connectivity index (χ1n) is 5.97. The van der Waals surface area contributed by atoms with Crippen molar-refractivity contribution in [2.75, 3.05) is 5.32 Å². The number of anilines is 1. The lowest BCUT2D eigenvalue weighted by Gasteiger charge is -2.10. The zero-order valence-electron chi connectivity index (χ0n) is 10.3. The number of nitrogens with zero attached hydrogens (tertiary/aromatic N) is 1. The van der Waals surface area contributed by atoms with Crippen LogP contribution in [0.15, 0.2) is 60.7 Å². The van der Waals surface area contributed by atoms with Gasteiger partial charge in [-0.1, -0.05) is 48.5 Å². The summed E-state index contributed by atoms with van der Waals surface area (Å²) in [5.74, 6) is 0.135. The van der Waals surface area contributed by atoms with E-state index in [0.717, 1.165) is 5.56 Å². The Hall–Kier alpha value is -2.73. The largest absolute Gasteiger partial charge is 0.506 e. The molecular weight excluding hydrogens is 236 g/mol. The summed E-state index contributed by atoms with van der Waals surface area (Å²) in [5.41, 5.74) is 1.58. The van der Waals surface area contributed by atoms with Gasteiger partial charge in [-0.25, -0.2) is 0 Å². The summed E-state index contributed by atoms with van der Waals surface area (Å²) in [5, 5.41) is 21.7. The molecule has 0 saturated carbocycles. The summed E-state index contributed by atoms with van der Waals surface area (Å²) in [6.07, 6.45) is 3.64. The van der Waals surface area contributed by atoms with Crippen molar-refractivity contribution >= 4 is 11.8 Å². The lowest BCUT2D eigenvalue weighted by molar-refractivity contribution is 0.477. The summed E-state index contributed by atoms with van der Waals surface area (Å²) in [7, 11) is 0. The molecule has 1 atom stereocenters. The minimum Gasteiger partial charge on any atom is -0.506 e. The molecule has 0 aliphatic heterocycles. The van der Waals surface area contributed by atoms with Gasteiger partial charge in [-0.15, -0.1) is 0 Å². The molecule has 2 aromatic carbocycles. The highest BCUT2D eigenvalue weighted by molar-refractivity contribution is 5.59. The predicted octanol–water partition coefficient (Wildman–Crippen LogP) is 3.41. The quantitative estimate of drug-likeness (QED) is 0.817. The molecule has 2 N–H and O–H groups in total. The molecule has 0 heterocycles. The fourth-order valence-corrected chi connectivity index (χ4v) is 1.66. The van der Waals surface area contributed by atoms with Gasteiger partial charge in [-0.3, -0.25) is 0 Å². The maximum atomic E-state index is 9.64. The standard InChI is InChI=1S/C16H14N2O/c17-12-14(11-10-13-6-2-1-3-7-13)18-15-8-4-5-9-16(15)19/h1-11,14,18-19H. The highest BCUT2D eigenvalue weighted by atomic mass is 16.3. The zero-order chi connectivity index (χ0) is 13.5. The Morgan fingerprint density at radius 2 is 1.74 bits per heavy atom. The number of para-hydroxylation sites is 2. The molecule has 0 bridgehead atoms. The molecular formula is C16H14N2O. The van der Waals surface area contributed by atoms with E-state index in [0.29, 0.717) is 5.69 Å². The Bertz CT molecular complexity index is 600. The molecule has 0 radical (unpaired) electrons. The summed E-state index contributed by atoms with van der Waals surface area (Å²) < 4.78 is 0. The van der Waals surface area contributed by atoms with Crippen molar-refractivity contribution in [3.8, 4) is 11.8 Å². The number of nitrogens with one attached hydrogen (secondary N) is 1. The Labute approximate surface area is 112 Å². The number of hydrogen-bond acceptors (Lipinski definition) is 3. The fourth-order valence-electron chi connectivity index (χ4n) is 1.66. The second kappa shape index (κ2) is 6.27. The molecule has 0 aromatic heterocycles. The van der Waals surface area contributed by atoms with E-state index in [1.807, 2.05) is 36.4 Å². The maximum Gasteiger partial charge on any atom is 0.138 e. The zero-order valence-corrected chi connectivity index (χ0v) is 10.3. The van der Waals surface area contributed by atoms with Crippen LogP contribution in [-0.2, 0) is 0 Å². The number of rotatable bonds is 4. The molecule has 2 rings (SSSR count). The van der Waals surface area contributed by atoms with Gasteiger partial charge in [0.1, 0.15) is 11.8 Å². The molecule has 19 heavy (non-hydrogen) atoms. The van der Waals surface area contributed by atoms with E-state index in [2.05, 4.69) is 11.4 Å². The van der Waals surface area contributed by atoms with Crippen LogP contribution in [0, 0.1) is 11.3 Å². The first-order chi connectivity index (χ1) is 9.29. The third kappa shape index (κ3) is 3.62. The van der Waals surface area contributed by atoms with Crippen LogP contribution in [0.25, 0.3) is 6.08 Å². The molecule has 0 aliphatic carbocycles. The van der Waals surface area contributed by atoms with E-state index in [9.17, 15) is 5.11 Å². The van der Waals surface area contributed by atoms with Gasteiger partial charge in [0.25, 0.3) is 0 Å². The fraction of sp³-hybridized carbons (Fsp3) is 0.0625. The van der Waals surface area contributed by atoms with E-state index in [4.69, 9.17) is 5.26 Å². The van der Waals surface area contributed by atoms with Gasteiger partial charge in [0.15, 0.2) is 0 Å². The van der Waals surface area contributed by atoms with Crippen molar-refractivity contribution in [3.63, 3.8) is 0 Å². The molecule has 0 amide bonds. The van der Waals surface area contributed by atoms with Gasteiger partial charge >= 0.3 is 0 Å². The van der Waals surface area contributed by atoms with Crippen molar-refractivity contribution in [1.29, 1.82) is 5.26 Å². The van der Waals surface area contributed by atoms with Crippen LogP contribution in [0.3, 0.4) is 0 Å². The van der Waals surface area contributed by atoms with Crippen LogP contribution < -0.4 is 5.32 Å². The summed E-state index contributed by atoms with van der Waals surface area (Å²) in [6, 6.07) is 18.3. The average molecular weight is 250 g/mol. The van der Waals surface area contributed by atoms with E-state index in [1.165, 1.54) is 0 Å². The van der Waals surface area contributed by atoms with E-state index < -0.39 is 6.04 Å². The molecule has 0 saturated heterocycles. The second-order valence-electron chi connectivity index (χ2n) is 4.04. The van der Waals surface area contributed by atoms with Crippen LogP contribution in [0.1, 0.15) is 5.56 Å². The summed E-state index contributed by atoms with van der Waals surface area (Å²) >= 11 is 0. The highest BCUT2D eigenvalue weighted by Crippen LogP contribution is 2.22. The number of phenols is 1. The third-order valence-corrected chi connectivity index (χ3v) is 2.63. The molecule has 3 nitrogen and oxygen atoms in total. The van der Waals surface area contributed by atoms with Gasteiger partial charge in [0.05, 0.1) is 11.8 Å². The van der Waals surface area contributed by atoms with Crippen LogP contribution in [0.5, 0.6) is 5.75 Å². The third-order valence-electron chi connectivity index (χ3n) is 2.63. The number of aromatic hydroxyl groups is 1.